The Morgan fingerprint density at radius 1 is 1.31 bits per heavy atom. The quantitative estimate of drug-likeness (QED) is 0.858. The molecule has 1 aromatic carbocycles. The van der Waals surface area contributed by atoms with E-state index in [1.54, 1.807) is 0 Å². The maximum atomic E-state index is 6.31. The number of rotatable bonds is 4. The van der Waals surface area contributed by atoms with E-state index >= 15 is 0 Å². The van der Waals surface area contributed by atoms with Crippen molar-refractivity contribution in [3.63, 3.8) is 0 Å². The summed E-state index contributed by atoms with van der Waals surface area (Å²) in [7, 11) is 0. The summed E-state index contributed by atoms with van der Waals surface area (Å²) >= 11 is 11.9. The van der Waals surface area contributed by atoms with Gasteiger partial charge < -0.3 is 5.73 Å². The fourth-order valence-corrected chi connectivity index (χ4v) is 2.05. The van der Waals surface area contributed by atoms with E-state index in [2.05, 4.69) is 20.8 Å². The molecule has 1 aromatic rings. The monoisotopic (exact) mass is 259 g/mol. The van der Waals surface area contributed by atoms with Crippen LogP contribution in [0.25, 0.3) is 0 Å². The first-order valence-corrected chi connectivity index (χ1v) is 6.35. The summed E-state index contributed by atoms with van der Waals surface area (Å²) in [5, 5.41) is 1.19. The van der Waals surface area contributed by atoms with E-state index in [1.807, 2.05) is 18.2 Å². The highest BCUT2D eigenvalue weighted by atomic mass is 35.5. The number of benzene rings is 1. The van der Waals surface area contributed by atoms with Crippen LogP contribution in [0.2, 0.25) is 10.0 Å². The van der Waals surface area contributed by atoms with Gasteiger partial charge in [-0.25, -0.2) is 0 Å². The Morgan fingerprint density at radius 3 is 2.44 bits per heavy atom. The lowest BCUT2D eigenvalue weighted by Gasteiger charge is -2.31. The van der Waals surface area contributed by atoms with Crippen molar-refractivity contribution in [3.8, 4) is 0 Å². The normalized spacial score (nSPS) is 16.9. The smallest absolute Gasteiger partial charge is 0.0595 e. The zero-order chi connectivity index (χ0) is 12.3. The SMILES string of the molecule is CCC(C)C(C)(N)Cc1ccc(Cl)c(Cl)c1. The number of hydrogen-bond donors (Lipinski definition) is 1. The minimum Gasteiger partial charge on any atom is -0.325 e. The lowest BCUT2D eigenvalue weighted by Crippen LogP contribution is -2.44. The molecule has 2 N–H and O–H groups in total. The molecule has 1 rings (SSSR count). The van der Waals surface area contributed by atoms with E-state index in [-0.39, 0.29) is 5.54 Å². The molecule has 0 spiro atoms. The van der Waals surface area contributed by atoms with Gasteiger partial charge in [-0.3, -0.25) is 0 Å². The molecule has 0 aliphatic rings. The van der Waals surface area contributed by atoms with E-state index in [4.69, 9.17) is 28.9 Å². The fraction of sp³-hybridized carbons (Fsp3) is 0.538. The largest absolute Gasteiger partial charge is 0.325 e. The molecule has 0 aliphatic carbocycles. The van der Waals surface area contributed by atoms with Crippen molar-refractivity contribution in [2.24, 2.45) is 11.7 Å². The van der Waals surface area contributed by atoms with Crippen molar-refractivity contribution < 1.29 is 0 Å². The average molecular weight is 260 g/mol. The molecule has 0 saturated carbocycles. The molecule has 0 saturated heterocycles. The van der Waals surface area contributed by atoms with Gasteiger partial charge in [-0.1, -0.05) is 49.5 Å². The Bertz CT molecular complexity index is 361. The first-order chi connectivity index (χ1) is 7.36. The first-order valence-electron chi connectivity index (χ1n) is 5.59. The predicted molar refractivity (Wildman–Crippen MR) is 72.2 cm³/mol. The highest BCUT2D eigenvalue weighted by molar-refractivity contribution is 6.42. The topological polar surface area (TPSA) is 26.0 Å². The summed E-state index contributed by atoms with van der Waals surface area (Å²) in [6, 6.07) is 5.71. The average Bonchev–Trinajstić information content (AvgIpc) is 2.22. The Hall–Kier alpha value is -0.240. The molecule has 2 unspecified atom stereocenters. The molecule has 16 heavy (non-hydrogen) atoms. The molecule has 1 nitrogen and oxygen atoms in total. The molecule has 3 heteroatoms. The molecule has 0 fully saturated rings. The molecule has 0 aromatic heterocycles. The second-order valence-electron chi connectivity index (χ2n) is 4.74. The van der Waals surface area contributed by atoms with Gasteiger partial charge in [0.1, 0.15) is 0 Å². The first kappa shape index (κ1) is 13.8. The fourth-order valence-electron chi connectivity index (χ4n) is 1.73. The lowest BCUT2D eigenvalue weighted by molar-refractivity contribution is 0.306. The van der Waals surface area contributed by atoms with Gasteiger partial charge in [-0.15, -0.1) is 0 Å². The zero-order valence-electron chi connectivity index (χ0n) is 10.1. The van der Waals surface area contributed by atoms with Gasteiger partial charge in [-0.05, 0) is 37.0 Å². The van der Waals surface area contributed by atoms with Crippen LogP contribution in [0, 0.1) is 5.92 Å². The second kappa shape index (κ2) is 5.39. The summed E-state index contributed by atoms with van der Waals surface area (Å²) in [6.45, 7) is 6.42. The van der Waals surface area contributed by atoms with E-state index < -0.39 is 0 Å². The van der Waals surface area contributed by atoms with Gasteiger partial charge in [-0.2, -0.15) is 0 Å². The zero-order valence-corrected chi connectivity index (χ0v) is 11.6. The van der Waals surface area contributed by atoms with Crippen molar-refractivity contribution in [2.75, 3.05) is 0 Å². The molecular formula is C13H19Cl2N. The molecule has 0 aliphatic heterocycles. The predicted octanol–water partition coefficient (Wildman–Crippen LogP) is 4.30. The van der Waals surface area contributed by atoms with Crippen molar-refractivity contribution in [2.45, 2.75) is 39.2 Å². The van der Waals surface area contributed by atoms with Crippen LogP contribution in [0.15, 0.2) is 18.2 Å². The Labute approximate surface area is 108 Å². The van der Waals surface area contributed by atoms with Crippen LogP contribution in [-0.4, -0.2) is 5.54 Å². The van der Waals surface area contributed by atoms with Crippen LogP contribution in [0.4, 0.5) is 0 Å². The van der Waals surface area contributed by atoms with Gasteiger partial charge in [0.05, 0.1) is 10.0 Å². The van der Waals surface area contributed by atoms with E-state index in [0.717, 1.165) is 18.4 Å². The van der Waals surface area contributed by atoms with E-state index in [0.29, 0.717) is 16.0 Å². The number of hydrogen-bond acceptors (Lipinski definition) is 1. The van der Waals surface area contributed by atoms with Crippen LogP contribution in [-0.2, 0) is 6.42 Å². The van der Waals surface area contributed by atoms with Crippen molar-refractivity contribution in [3.05, 3.63) is 33.8 Å². The third-order valence-electron chi connectivity index (χ3n) is 3.31. The van der Waals surface area contributed by atoms with Crippen LogP contribution in [0.3, 0.4) is 0 Å². The minimum absolute atomic E-state index is 0.202. The van der Waals surface area contributed by atoms with Crippen molar-refractivity contribution in [1.82, 2.24) is 0 Å². The Morgan fingerprint density at radius 2 is 1.94 bits per heavy atom. The maximum absolute atomic E-state index is 6.31. The third kappa shape index (κ3) is 3.38. The third-order valence-corrected chi connectivity index (χ3v) is 4.05. The molecular weight excluding hydrogens is 241 g/mol. The molecule has 2 atom stereocenters. The summed E-state index contributed by atoms with van der Waals surface area (Å²) in [6.07, 6.45) is 1.90. The highest BCUT2D eigenvalue weighted by Gasteiger charge is 2.25. The summed E-state index contributed by atoms with van der Waals surface area (Å²) in [5.41, 5.74) is 7.25. The van der Waals surface area contributed by atoms with E-state index in [9.17, 15) is 0 Å². The standard InChI is InChI=1S/C13H19Cl2N/c1-4-9(2)13(3,16)8-10-5-6-11(14)12(15)7-10/h5-7,9H,4,8,16H2,1-3H3. The van der Waals surface area contributed by atoms with Gasteiger partial charge in [0.25, 0.3) is 0 Å². The Kier molecular flexibility index (Phi) is 4.66. The maximum Gasteiger partial charge on any atom is 0.0595 e. The highest BCUT2D eigenvalue weighted by Crippen LogP contribution is 2.27. The molecule has 0 amide bonds. The minimum atomic E-state index is -0.202. The van der Waals surface area contributed by atoms with Crippen LogP contribution in [0.5, 0.6) is 0 Å². The van der Waals surface area contributed by atoms with Crippen LogP contribution < -0.4 is 5.73 Å². The van der Waals surface area contributed by atoms with Gasteiger partial charge in [0.15, 0.2) is 0 Å². The van der Waals surface area contributed by atoms with Gasteiger partial charge in [0.2, 0.25) is 0 Å². The molecule has 0 bridgehead atoms. The summed E-state index contributed by atoms with van der Waals surface area (Å²) in [5.74, 6) is 0.474. The summed E-state index contributed by atoms with van der Waals surface area (Å²) in [4.78, 5) is 0. The lowest BCUT2D eigenvalue weighted by atomic mass is 9.81. The Balaban J connectivity index is 2.84. The van der Waals surface area contributed by atoms with Crippen LogP contribution >= 0.6 is 23.2 Å². The van der Waals surface area contributed by atoms with Gasteiger partial charge >= 0.3 is 0 Å². The van der Waals surface area contributed by atoms with Gasteiger partial charge in [0, 0.05) is 5.54 Å². The van der Waals surface area contributed by atoms with Crippen molar-refractivity contribution >= 4 is 23.2 Å². The number of nitrogens with two attached hydrogens (primary N) is 1. The van der Waals surface area contributed by atoms with Crippen molar-refractivity contribution in [1.29, 1.82) is 0 Å². The summed E-state index contributed by atoms with van der Waals surface area (Å²) < 4.78 is 0. The number of halogens is 2. The molecule has 90 valence electrons. The van der Waals surface area contributed by atoms with E-state index in [1.165, 1.54) is 0 Å². The second-order valence-corrected chi connectivity index (χ2v) is 5.55. The molecule has 0 heterocycles. The molecule has 0 radical (unpaired) electrons. The van der Waals surface area contributed by atoms with Crippen LogP contribution in [0.1, 0.15) is 32.8 Å².